The summed E-state index contributed by atoms with van der Waals surface area (Å²) in [6.07, 6.45) is 11.3. The van der Waals surface area contributed by atoms with Crippen LogP contribution in [0.3, 0.4) is 0 Å². The Bertz CT molecular complexity index is 718. The van der Waals surface area contributed by atoms with E-state index in [0.29, 0.717) is 10.8 Å². The average molecular weight is 315 g/mol. The lowest BCUT2D eigenvalue weighted by Gasteiger charge is -2.04. The van der Waals surface area contributed by atoms with Gasteiger partial charge in [0.15, 0.2) is 0 Å². The molecule has 0 fully saturated rings. The fraction of sp³-hybridized carbons (Fsp3) is 0.0588. The Kier molecular flexibility index (Phi) is 5.16. The van der Waals surface area contributed by atoms with Gasteiger partial charge < -0.3 is 0 Å². The number of rotatable bonds is 3. The summed E-state index contributed by atoms with van der Waals surface area (Å²) in [7, 11) is 0. The molecule has 2 rings (SSSR count). The maximum atomic E-state index is 5.88. The lowest BCUT2D eigenvalue weighted by Crippen LogP contribution is -1.89. The van der Waals surface area contributed by atoms with E-state index in [0.717, 1.165) is 16.7 Å². The fourth-order valence-electron chi connectivity index (χ4n) is 1.78. The molecule has 0 radical (unpaired) electrons. The molecule has 21 heavy (non-hydrogen) atoms. The minimum Gasteiger partial charge on any atom is -0.218 e. The Morgan fingerprint density at radius 2 is 1.90 bits per heavy atom. The van der Waals surface area contributed by atoms with E-state index in [1.54, 1.807) is 6.07 Å². The van der Waals surface area contributed by atoms with Gasteiger partial charge in [0.05, 0.1) is 5.69 Å². The minimum absolute atomic E-state index is 0.124. The molecule has 0 amide bonds. The smallest absolute Gasteiger partial charge is 0.218 e. The zero-order chi connectivity index (χ0) is 15.2. The summed E-state index contributed by atoms with van der Waals surface area (Å²) in [5.74, 6) is 2.67. The van der Waals surface area contributed by atoms with Crippen LogP contribution in [-0.2, 0) is 0 Å². The standard InChI is InChI=1S/C17H12Cl2N2/c1-3-5-6-12(4-2)13-7-9-14(10-8-13)15-11-16(18)21-17(19)20-15/h2-3,5-11H,1H3/b5-3-,12-6+. The van der Waals surface area contributed by atoms with Gasteiger partial charge in [-0.05, 0) is 30.2 Å². The van der Waals surface area contributed by atoms with Crippen molar-refractivity contribution in [3.63, 3.8) is 0 Å². The first-order valence-corrected chi connectivity index (χ1v) is 7.00. The highest BCUT2D eigenvalue weighted by atomic mass is 35.5. The van der Waals surface area contributed by atoms with Gasteiger partial charge in [-0.25, -0.2) is 9.97 Å². The highest BCUT2D eigenvalue weighted by Gasteiger charge is 2.05. The number of aromatic nitrogens is 2. The van der Waals surface area contributed by atoms with Crippen molar-refractivity contribution >= 4 is 28.8 Å². The normalized spacial score (nSPS) is 11.6. The molecule has 0 spiro atoms. The molecular formula is C17H12Cl2N2. The monoisotopic (exact) mass is 314 g/mol. The molecule has 0 aliphatic rings. The average Bonchev–Trinajstić information content (AvgIpc) is 2.47. The number of halogens is 2. The van der Waals surface area contributed by atoms with Gasteiger partial charge in [-0.15, -0.1) is 6.42 Å². The molecule has 2 aromatic rings. The summed E-state index contributed by atoms with van der Waals surface area (Å²) in [5.41, 5.74) is 3.35. The van der Waals surface area contributed by atoms with Gasteiger partial charge in [0.1, 0.15) is 5.15 Å². The lowest BCUT2D eigenvalue weighted by molar-refractivity contribution is 1.17. The van der Waals surface area contributed by atoms with Crippen LogP contribution in [0.5, 0.6) is 0 Å². The molecule has 0 saturated heterocycles. The zero-order valence-corrected chi connectivity index (χ0v) is 12.9. The van der Waals surface area contributed by atoms with Crippen LogP contribution >= 0.6 is 23.2 Å². The van der Waals surface area contributed by atoms with Crippen molar-refractivity contribution in [2.24, 2.45) is 0 Å². The van der Waals surface area contributed by atoms with E-state index in [-0.39, 0.29) is 5.28 Å². The number of benzene rings is 1. The molecule has 0 aliphatic heterocycles. The summed E-state index contributed by atoms with van der Waals surface area (Å²) in [6, 6.07) is 9.39. The van der Waals surface area contributed by atoms with Crippen molar-refractivity contribution in [3.8, 4) is 23.6 Å². The third-order valence-electron chi connectivity index (χ3n) is 2.77. The van der Waals surface area contributed by atoms with Gasteiger partial charge in [0.2, 0.25) is 5.28 Å². The number of hydrogen-bond acceptors (Lipinski definition) is 2. The van der Waals surface area contributed by atoms with Crippen LogP contribution in [-0.4, -0.2) is 9.97 Å². The highest BCUT2D eigenvalue weighted by molar-refractivity contribution is 6.32. The maximum Gasteiger partial charge on any atom is 0.224 e. The van der Waals surface area contributed by atoms with Gasteiger partial charge >= 0.3 is 0 Å². The van der Waals surface area contributed by atoms with Crippen LogP contribution in [0, 0.1) is 12.3 Å². The fourth-order valence-corrected chi connectivity index (χ4v) is 2.19. The van der Waals surface area contributed by atoms with Crippen LogP contribution in [0.15, 0.2) is 48.6 Å². The van der Waals surface area contributed by atoms with Crippen LogP contribution in [0.1, 0.15) is 12.5 Å². The van der Waals surface area contributed by atoms with Crippen molar-refractivity contribution in [2.75, 3.05) is 0 Å². The molecular weight excluding hydrogens is 303 g/mol. The van der Waals surface area contributed by atoms with Crippen molar-refractivity contribution in [3.05, 3.63) is 64.6 Å². The lowest BCUT2D eigenvalue weighted by atomic mass is 10.0. The van der Waals surface area contributed by atoms with Crippen LogP contribution in [0.25, 0.3) is 16.8 Å². The summed E-state index contributed by atoms with van der Waals surface area (Å²) in [6.45, 7) is 1.94. The van der Waals surface area contributed by atoms with Crippen LogP contribution < -0.4 is 0 Å². The first kappa shape index (κ1) is 15.3. The summed E-state index contributed by atoms with van der Waals surface area (Å²) in [4.78, 5) is 7.98. The van der Waals surface area contributed by atoms with E-state index in [1.807, 2.05) is 49.4 Å². The van der Waals surface area contributed by atoms with Crippen LogP contribution in [0.2, 0.25) is 10.4 Å². The molecule has 104 valence electrons. The van der Waals surface area contributed by atoms with Crippen LogP contribution in [0.4, 0.5) is 0 Å². The molecule has 0 aliphatic carbocycles. The van der Waals surface area contributed by atoms with E-state index in [2.05, 4.69) is 15.9 Å². The molecule has 0 N–H and O–H groups in total. The minimum atomic E-state index is 0.124. The second-order valence-corrected chi connectivity index (χ2v) is 4.90. The number of terminal acetylenes is 1. The second-order valence-electron chi connectivity index (χ2n) is 4.17. The predicted octanol–water partition coefficient (Wildman–Crippen LogP) is 5.04. The van der Waals surface area contributed by atoms with E-state index < -0.39 is 0 Å². The van der Waals surface area contributed by atoms with Crippen molar-refractivity contribution < 1.29 is 0 Å². The van der Waals surface area contributed by atoms with Gasteiger partial charge in [0, 0.05) is 17.2 Å². The van der Waals surface area contributed by atoms with E-state index in [9.17, 15) is 0 Å². The zero-order valence-electron chi connectivity index (χ0n) is 11.3. The molecule has 1 heterocycles. The Balaban J connectivity index is 2.37. The van der Waals surface area contributed by atoms with Crippen molar-refractivity contribution in [1.82, 2.24) is 9.97 Å². The SMILES string of the molecule is C#C/C(=C\C=C/C)c1ccc(-c2cc(Cl)nc(Cl)n2)cc1. The molecule has 0 unspecified atom stereocenters. The van der Waals surface area contributed by atoms with Gasteiger partial charge in [-0.2, -0.15) is 0 Å². The largest absolute Gasteiger partial charge is 0.224 e. The Morgan fingerprint density at radius 1 is 1.19 bits per heavy atom. The van der Waals surface area contributed by atoms with Gasteiger partial charge in [0.25, 0.3) is 0 Å². The molecule has 4 heteroatoms. The first-order chi connectivity index (χ1) is 10.1. The molecule has 1 aromatic carbocycles. The molecule has 2 nitrogen and oxygen atoms in total. The third kappa shape index (κ3) is 3.95. The van der Waals surface area contributed by atoms with Gasteiger partial charge in [-0.1, -0.05) is 53.9 Å². The van der Waals surface area contributed by atoms with Crippen molar-refractivity contribution in [1.29, 1.82) is 0 Å². The van der Waals surface area contributed by atoms with Crippen molar-refractivity contribution in [2.45, 2.75) is 6.92 Å². The molecule has 1 aromatic heterocycles. The molecule has 0 bridgehead atoms. The second kappa shape index (κ2) is 7.08. The molecule has 0 atom stereocenters. The number of allylic oxidation sites excluding steroid dienone is 4. The topological polar surface area (TPSA) is 25.8 Å². The Labute approximate surface area is 134 Å². The number of hydrogen-bond donors (Lipinski definition) is 0. The Morgan fingerprint density at radius 3 is 2.48 bits per heavy atom. The maximum absolute atomic E-state index is 5.88. The first-order valence-electron chi connectivity index (χ1n) is 6.24. The summed E-state index contributed by atoms with van der Waals surface area (Å²) < 4.78 is 0. The third-order valence-corrected chi connectivity index (χ3v) is 3.13. The summed E-state index contributed by atoms with van der Waals surface area (Å²) >= 11 is 11.7. The summed E-state index contributed by atoms with van der Waals surface area (Å²) in [5, 5.41) is 0.435. The van der Waals surface area contributed by atoms with E-state index >= 15 is 0 Å². The Hall–Kier alpha value is -2.08. The quantitative estimate of drug-likeness (QED) is 0.343. The predicted molar refractivity (Wildman–Crippen MR) is 89.1 cm³/mol. The van der Waals surface area contributed by atoms with E-state index in [1.165, 1.54) is 0 Å². The molecule has 0 saturated carbocycles. The number of nitrogens with zero attached hydrogens (tertiary/aromatic N) is 2. The highest BCUT2D eigenvalue weighted by Crippen LogP contribution is 2.23. The van der Waals surface area contributed by atoms with Gasteiger partial charge in [-0.3, -0.25) is 0 Å². The van der Waals surface area contributed by atoms with E-state index in [4.69, 9.17) is 29.6 Å².